The van der Waals surface area contributed by atoms with Crippen molar-refractivity contribution in [1.82, 2.24) is 5.32 Å². The van der Waals surface area contributed by atoms with Crippen molar-refractivity contribution in [2.75, 3.05) is 0 Å². The number of carbonyl (C=O) groups is 2. The van der Waals surface area contributed by atoms with Crippen molar-refractivity contribution in [2.45, 2.75) is 44.4 Å². The van der Waals surface area contributed by atoms with E-state index in [2.05, 4.69) is 5.32 Å². The predicted molar refractivity (Wildman–Crippen MR) is 108 cm³/mol. The summed E-state index contributed by atoms with van der Waals surface area (Å²) in [6, 6.07) is 9.30. The second-order valence-electron chi connectivity index (χ2n) is 8.40. The zero-order valence-electron chi connectivity index (χ0n) is 16.7. The Kier molecular flexibility index (Phi) is 4.48. The average molecular weight is 409 g/mol. The lowest BCUT2D eigenvalue weighted by atomic mass is 9.69. The molecule has 0 aliphatic heterocycles. The van der Waals surface area contributed by atoms with Crippen molar-refractivity contribution in [2.24, 2.45) is 0 Å². The van der Waals surface area contributed by atoms with Crippen LogP contribution < -0.4 is 5.32 Å². The Morgan fingerprint density at radius 3 is 2.00 bits per heavy atom. The highest BCUT2D eigenvalue weighted by Crippen LogP contribution is 2.48. The lowest BCUT2D eigenvalue weighted by Gasteiger charge is -2.44. The number of phenols is 2. The van der Waals surface area contributed by atoms with Gasteiger partial charge in [0.25, 0.3) is 0 Å². The number of phenolic OH excluding ortho intramolecular Hbond substituents is 2. The van der Waals surface area contributed by atoms with E-state index in [-0.39, 0.29) is 40.8 Å². The minimum atomic E-state index is -1.59. The molecule has 7 nitrogen and oxygen atoms in total. The van der Waals surface area contributed by atoms with E-state index in [0.29, 0.717) is 6.54 Å². The van der Waals surface area contributed by atoms with Crippen LogP contribution in [0.25, 0.3) is 0 Å². The van der Waals surface area contributed by atoms with Gasteiger partial charge >= 0.3 is 0 Å². The summed E-state index contributed by atoms with van der Waals surface area (Å²) in [5, 5.41) is 45.8. The second-order valence-corrected chi connectivity index (χ2v) is 8.40. The van der Waals surface area contributed by atoms with Gasteiger partial charge in [0.05, 0.1) is 28.0 Å². The maximum Gasteiger partial charge on any atom is 0.213 e. The van der Waals surface area contributed by atoms with Crippen molar-refractivity contribution in [3.05, 3.63) is 69.9 Å². The maximum atomic E-state index is 13.1. The van der Waals surface area contributed by atoms with Gasteiger partial charge in [0.2, 0.25) is 5.78 Å². The van der Waals surface area contributed by atoms with Crippen LogP contribution in [0.5, 0.6) is 11.5 Å². The van der Waals surface area contributed by atoms with Gasteiger partial charge in [-0.15, -0.1) is 0 Å². The molecule has 0 fully saturated rings. The number of Topliss-reactive ketones (excluding diaryl/α,β-unsaturated/α-hetero) is 1. The summed E-state index contributed by atoms with van der Waals surface area (Å²) in [5.41, 5.74) is -2.50. The van der Waals surface area contributed by atoms with E-state index in [1.165, 1.54) is 13.8 Å². The first-order chi connectivity index (χ1) is 14.0. The quantitative estimate of drug-likeness (QED) is 0.489. The molecule has 0 amide bonds. The molecule has 4 rings (SSSR count). The molecule has 2 aliphatic rings. The van der Waals surface area contributed by atoms with E-state index in [4.69, 9.17) is 0 Å². The van der Waals surface area contributed by atoms with Crippen LogP contribution in [-0.4, -0.2) is 43.2 Å². The molecule has 7 heteroatoms. The third-order valence-electron chi connectivity index (χ3n) is 6.18. The van der Waals surface area contributed by atoms with Crippen LogP contribution in [0.3, 0.4) is 0 Å². The van der Waals surface area contributed by atoms with Crippen molar-refractivity contribution in [3.63, 3.8) is 0 Å². The van der Waals surface area contributed by atoms with Crippen molar-refractivity contribution in [1.29, 1.82) is 0 Å². The van der Waals surface area contributed by atoms with Crippen LogP contribution in [0.1, 0.15) is 51.3 Å². The fourth-order valence-electron chi connectivity index (χ4n) is 4.06. The first-order valence-electron chi connectivity index (χ1n) is 9.66. The zero-order chi connectivity index (χ0) is 21.8. The van der Waals surface area contributed by atoms with Crippen LogP contribution >= 0.6 is 0 Å². The number of benzene rings is 2. The van der Waals surface area contributed by atoms with E-state index in [1.54, 1.807) is 0 Å². The molecule has 0 aromatic heterocycles. The minimum Gasteiger partial charge on any atom is -0.507 e. The summed E-state index contributed by atoms with van der Waals surface area (Å²) in [4.78, 5) is 25.8. The van der Waals surface area contributed by atoms with Gasteiger partial charge in [-0.05, 0) is 19.4 Å². The number of nitrogens with one attached hydrogen (secondary N) is 1. The Labute approximate surface area is 173 Å². The molecule has 0 saturated carbocycles. The van der Waals surface area contributed by atoms with Gasteiger partial charge < -0.3 is 25.7 Å². The van der Waals surface area contributed by atoms with Crippen LogP contribution in [0.15, 0.2) is 42.1 Å². The molecule has 0 heterocycles. The van der Waals surface area contributed by atoms with Crippen LogP contribution in [0.2, 0.25) is 0 Å². The summed E-state index contributed by atoms with van der Waals surface area (Å²) in [6.45, 7) is 3.15. The molecular weight excluding hydrogens is 386 g/mol. The van der Waals surface area contributed by atoms with Crippen molar-refractivity contribution >= 4 is 11.6 Å². The second kappa shape index (κ2) is 6.68. The average Bonchev–Trinajstić information content (AvgIpc) is 2.68. The maximum absolute atomic E-state index is 13.1. The summed E-state index contributed by atoms with van der Waals surface area (Å²) in [5.74, 6) is -2.12. The SMILES string of the molecule is C[C@]1(O)Cc2c(O)c3c(c(O)c2C[C@@]1(C)O)C(=O)C=C(NCc1ccccc1)C3=O. The fourth-order valence-corrected chi connectivity index (χ4v) is 4.06. The molecule has 30 heavy (non-hydrogen) atoms. The summed E-state index contributed by atoms with van der Waals surface area (Å²) >= 11 is 0. The fraction of sp³-hybridized carbons (Fsp3) is 0.304. The van der Waals surface area contributed by atoms with Crippen LogP contribution in [0, 0.1) is 0 Å². The van der Waals surface area contributed by atoms with Crippen LogP contribution in [0.4, 0.5) is 0 Å². The molecule has 2 aromatic carbocycles. The monoisotopic (exact) mass is 409 g/mol. The number of fused-ring (bicyclic) bond motifs is 2. The molecule has 0 spiro atoms. The first kappa shape index (κ1) is 20.1. The molecule has 5 N–H and O–H groups in total. The molecular formula is C23H23NO6. The smallest absolute Gasteiger partial charge is 0.213 e. The molecule has 0 radical (unpaired) electrons. The van der Waals surface area contributed by atoms with E-state index in [0.717, 1.165) is 11.6 Å². The number of hydrogen-bond acceptors (Lipinski definition) is 7. The number of aliphatic hydroxyl groups is 2. The Morgan fingerprint density at radius 1 is 0.900 bits per heavy atom. The van der Waals surface area contributed by atoms with E-state index < -0.39 is 34.3 Å². The van der Waals surface area contributed by atoms with Gasteiger partial charge in [-0.25, -0.2) is 0 Å². The zero-order valence-corrected chi connectivity index (χ0v) is 16.7. The van der Waals surface area contributed by atoms with Gasteiger partial charge in [0.15, 0.2) is 5.78 Å². The predicted octanol–water partition coefficient (Wildman–Crippen LogP) is 1.75. The third kappa shape index (κ3) is 2.98. The summed E-state index contributed by atoms with van der Waals surface area (Å²) in [7, 11) is 0. The third-order valence-corrected chi connectivity index (χ3v) is 6.18. The molecule has 156 valence electrons. The highest BCUT2D eigenvalue weighted by Gasteiger charge is 2.49. The molecule has 2 atom stereocenters. The Morgan fingerprint density at radius 2 is 1.43 bits per heavy atom. The minimum absolute atomic E-state index is 0.0144. The molecule has 0 bridgehead atoms. The van der Waals surface area contributed by atoms with Gasteiger partial charge in [-0.1, -0.05) is 30.3 Å². The summed E-state index contributed by atoms with van der Waals surface area (Å²) < 4.78 is 0. The van der Waals surface area contributed by atoms with Gasteiger partial charge in [0, 0.05) is 36.6 Å². The number of carbonyl (C=O) groups excluding carboxylic acids is 2. The molecule has 2 aromatic rings. The summed E-state index contributed by atoms with van der Waals surface area (Å²) in [6.07, 6.45) is 0.753. The van der Waals surface area contributed by atoms with Gasteiger partial charge in [0.1, 0.15) is 11.5 Å². The van der Waals surface area contributed by atoms with E-state index >= 15 is 0 Å². The lowest BCUT2D eigenvalue weighted by Crippen LogP contribution is -2.55. The van der Waals surface area contributed by atoms with E-state index in [9.17, 15) is 30.0 Å². The lowest BCUT2D eigenvalue weighted by molar-refractivity contribution is -0.135. The number of hydrogen-bond donors (Lipinski definition) is 5. The normalized spacial score (nSPS) is 25.4. The topological polar surface area (TPSA) is 127 Å². The Hall–Kier alpha value is -3.16. The molecule has 0 unspecified atom stereocenters. The number of allylic oxidation sites excluding steroid dienone is 2. The number of rotatable bonds is 3. The number of ketones is 2. The molecule has 0 saturated heterocycles. The van der Waals surface area contributed by atoms with Crippen molar-refractivity contribution in [3.8, 4) is 11.5 Å². The Balaban J connectivity index is 1.77. The standard InChI is InChI=1S/C23H23NO6/c1-22(29)9-13-14(10-23(22,2)30)20(27)18-17(19(13)26)16(25)8-15(21(18)28)24-11-12-6-4-3-5-7-12/h3-8,24,26-27,29-30H,9-11H2,1-2H3/t22-,23+/m1/s1. The van der Waals surface area contributed by atoms with Crippen LogP contribution in [-0.2, 0) is 19.4 Å². The largest absolute Gasteiger partial charge is 0.507 e. The number of aromatic hydroxyl groups is 2. The highest BCUT2D eigenvalue weighted by molar-refractivity contribution is 6.26. The van der Waals surface area contributed by atoms with Crippen molar-refractivity contribution < 1.29 is 30.0 Å². The molecule has 2 aliphatic carbocycles. The van der Waals surface area contributed by atoms with Gasteiger partial charge in [-0.2, -0.15) is 0 Å². The Bertz CT molecular complexity index is 1100. The van der Waals surface area contributed by atoms with Gasteiger partial charge in [-0.3, -0.25) is 9.59 Å². The first-order valence-corrected chi connectivity index (χ1v) is 9.66. The van der Waals surface area contributed by atoms with E-state index in [1.807, 2.05) is 30.3 Å². The highest BCUT2D eigenvalue weighted by atomic mass is 16.4.